The molecule has 0 amide bonds. The van der Waals surface area contributed by atoms with E-state index in [1.54, 1.807) is 0 Å². The molecule has 2 aliphatic heterocycles. The molecule has 1 aromatic carbocycles. The Hall–Kier alpha value is -1.88. The number of anilines is 1. The van der Waals surface area contributed by atoms with Gasteiger partial charge in [0.1, 0.15) is 0 Å². The van der Waals surface area contributed by atoms with Gasteiger partial charge in [0.25, 0.3) is 0 Å². The second-order valence-electron chi connectivity index (χ2n) is 5.68. The van der Waals surface area contributed by atoms with E-state index in [1.807, 2.05) is 24.3 Å². The summed E-state index contributed by atoms with van der Waals surface area (Å²) in [4.78, 5) is 4.54. The molecule has 0 saturated carbocycles. The number of hydrogen-bond donors (Lipinski definition) is 1. The Bertz CT molecular complexity index is 608. The highest BCUT2D eigenvalue weighted by molar-refractivity contribution is 5.39. The summed E-state index contributed by atoms with van der Waals surface area (Å²) in [5, 5.41) is 4.14. The van der Waals surface area contributed by atoms with Crippen LogP contribution in [-0.4, -0.2) is 22.3 Å². The average Bonchev–Trinajstić information content (AvgIpc) is 3.17. The Morgan fingerprint density at radius 1 is 1.20 bits per heavy atom. The third-order valence-corrected chi connectivity index (χ3v) is 4.26. The molecule has 0 aliphatic carbocycles. The van der Waals surface area contributed by atoms with E-state index < -0.39 is 0 Å². The summed E-state index contributed by atoms with van der Waals surface area (Å²) in [6, 6.07) is 7.74. The van der Waals surface area contributed by atoms with Crippen LogP contribution in [0.1, 0.15) is 42.5 Å². The topological polar surface area (TPSA) is 74.2 Å². The van der Waals surface area contributed by atoms with Crippen molar-refractivity contribution in [1.82, 2.24) is 10.1 Å². The zero-order valence-electron chi connectivity index (χ0n) is 11.2. The maximum atomic E-state index is 5.84. The third-order valence-electron chi connectivity index (χ3n) is 4.26. The maximum absolute atomic E-state index is 5.84. The van der Waals surface area contributed by atoms with Crippen molar-refractivity contribution in [2.24, 2.45) is 0 Å². The van der Waals surface area contributed by atoms with Gasteiger partial charge in [-0.05, 0) is 37.0 Å². The Morgan fingerprint density at radius 2 is 2.05 bits per heavy atom. The van der Waals surface area contributed by atoms with Gasteiger partial charge in [0.15, 0.2) is 5.82 Å². The van der Waals surface area contributed by atoms with Gasteiger partial charge in [-0.15, -0.1) is 0 Å². The molecule has 0 spiro atoms. The molecule has 3 heterocycles. The number of rotatable bonds is 3. The predicted octanol–water partition coefficient (Wildman–Crippen LogP) is 2.28. The van der Waals surface area contributed by atoms with Crippen LogP contribution in [0.15, 0.2) is 28.8 Å². The van der Waals surface area contributed by atoms with Gasteiger partial charge in [0.05, 0.1) is 24.5 Å². The van der Waals surface area contributed by atoms with Crippen LogP contribution in [0.4, 0.5) is 5.69 Å². The second-order valence-corrected chi connectivity index (χ2v) is 5.68. The number of ether oxygens (including phenoxy) is 1. The normalized spacial score (nSPS) is 28.1. The molecular formula is C15H17N3O2. The molecule has 4 rings (SSSR count). The molecule has 2 N–H and O–H groups in total. The maximum Gasteiger partial charge on any atom is 0.231 e. The highest BCUT2D eigenvalue weighted by Gasteiger charge is 2.43. The third kappa shape index (κ3) is 2.08. The van der Waals surface area contributed by atoms with E-state index in [-0.39, 0.29) is 0 Å². The first kappa shape index (κ1) is 11.9. The molecular weight excluding hydrogens is 254 g/mol. The van der Waals surface area contributed by atoms with Crippen molar-refractivity contribution in [2.75, 3.05) is 5.73 Å². The van der Waals surface area contributed by atoms with Crippen LogP contribution in [0, 0.1) is 0 Å². The molecule has 1 aromatic heterocycles. The van der Waals surface area contributed by atoms with Crippen LogP contribution >= 0.6 is 0 Å². The van der Waals surface area contributed by atoms with Crippen LogP contribution in [0.3, 0.4) is 0 Å². The Morgan fingerprint density at radius 3 is 2.75 bits per heavy atom. The highest BCUT2D eigenvalue weighted by atomic mass is 16.5. The monoisotopic (exact) mass is 271 g/mol. The molecule has 2 saturated heterocycles. The number of benzene rings is 1. The van der Waals surface area contributed by atoms with E-state index in [4.69, 9.17) is 15.0 Å². The standard InChI is InChI=1S/C15H17N3O2/c16-10-3-1-9(2-4-10)7-14-17-15(18-20-14)12-8-11-5-6-13(12)19-11/h1-4,11-13H,5-8,16H2. The SMILES string of the molecule is Nc1ccc(Cc2nc(C3CC4CCC3O4)no2)cc1. The van der Waals surface area contributed by atoms with E-state index in [2.05, 4.69) is 10.1 Å². The van der Waals surface area contributed by atoms with Crippen molar-refractivity contribution in [3.05, 3.63) is 41.5 Å². The van der Waals surface area contributed by atoms with Gasteiger partial charge < -0.3 is 15.0 Å². The second kappa shape index (κ2) is 4.59. The zero-order valence-corrected chi connectivity index (χ0v) is 11.2. The van der Waals surface area contributed by atoms with Crippen molar-refractivity contribution in [3.63, 3.8) is 0 Å². The number of hydrogen-bond acceptors (Lipinski definition) is 5. The van der Waals surface area contributed by atoms with Gasteiger partial charge in [-0.3, -0.25) is 0 Å². The smallest absolute Gasteiger partial charge is 0.231 e. The molecule has 2 bridgehead atoms. The first-order valence-corrected chi connectivity index (χ1v) is 7.10. The fourth-order valence-corrected chi connectivity index (χ4v) is 3.21. The minimum atomic E-state index is 0.293. The first-order valence-electron chi connectivity index (χ1n) is 7.10. The summed E-state index contributed by atoms with van der Waals surface area (Å²) in [7, 11) is 0. The highest BCUT2D eigenvalue weighted by Crippen LogP contribution is 2.43. The minimum Gasteiger partial charge on any atom is -0.399 e. The quantitative estimate of drug-likeness (QED) is 0.867. The van der Waals surface area contributed by atoms with Gasteiger partial charge in [-0.2, -0.15) is 4.98 Å². The Labute approximate surface area is 117 Å². The van der Waals surface area contributed by atoms with Gasteiger partial charge in [0, 0.05) is 5.69 Å². The summed E-state index contributed by atoms with van der Waals surface area (Å²) in [6.45, 7) is 0. The molecule has 3 atom stereocenters. The van der Waals surface area contributed by atoms with Crippen LogP contribution in [0.2, 0.25) is 0 Å². The van der Waals surface area contributed by atoms with Crippen LogP contribution < -0.4 is 5.73 Å². The van der Waals surface area contributed by atoms with E-state index in [9.17, 15) is 0 Å². The van der Waals surface area contributed by atoms with Crippen molar-refractivity contribution in [2.45, 2.75) is 43.8 Å². The Balaban J connectivity index is 1.49. The number of nitrogens with zero attached hydrogens (tertiary/aromatic N) is 2. The lowest BCUT2D eigenvalue weighted by Crippen LogP contribution is -2.15. The largest absolute Gasteiger partial charge is 0.399 e. The van der Waals surface area contributed by atoms with Crippen LogP contribution in [0.5, 0.6) is 0 Å². The van der Waals surface area contributed by atoms with Crippen molar-refractivity contribution in [3.8, 4) is 0 Å². The molecule has 5 heteroatoms. The molecule has 3 unspecified atom stereocenters. The molecule has 104 valence electrons. The van der Waals surface area contributed by atoms with E-state index >= 15 is 0 Å². The van der Waals surface area contributed by atoms with E-state index in [0.29, 0.717) is 30.4 Å². The van der Waals surface area contributed by atoms with Gasteiger partial charge in [-0.1, -0.05) is 17.3 Å². The van der Waals surface area contributed by atoms with Crippen LogP contribution in [0.25, 0.3) is 0 Å². The average molecular weight is 271 g/mol. The molecule has 5 nitrogen and oxygen atoms in total. The number of aromatic nitrogens is 2. The lowest BCUT2D eigenvalue weighted by molar-refractivity contribution is 0.0996. The summed E-state index contributed by atoms with van der Waals surface area (Å²) >= 11 is 0. The lowest BCUT2D eigenvalue weighted by atomic mass is 9.89. The van der Waals surface area contributed by atoms with Crippen molar-refractivity contribution >= 4 is 5.69 Å². The predicted molar refractivity (Wildman–Crippen MR) is 73.2 cm³/mol. The van der Waals surface area contributed by atoms with Crippen molar-refractivity contribution in [1.29, 1.82) is 0 Å². The molecule has 2 aromatic rings. The molecule has 0 radical (unpaired) electrons. The minimum absolute atomic E-state index is 0.293. The molecule has 20 heavy (non-hydrogen) atoms. The van der Waals surface area contributed by atoms with Crippen LogP contribution in [-0.2, 0) is 11.2 Å². The zero-order chi connectivity index (χ0) is 13.5. The molecule has 2 fully saturated rings. The van der Waals surface area contributed by atoms with Gasteiger partial charge >= 0.3 is 0 Å². The summed E-state index contributed by atoms with van der Waals surface area (Å²) in [5.41, 5.74) is 7.56. The number of nitrogen functional groups attached to an aromatic ring is 1. The number of fused-ring (bicyclic) bond motifs is 2. The summed E-state index contributed by atoms with van der Waals surface area (Å²) in [6.07, 6.45) is 4.68. The fraction of sp³-hybridized carbons (Fsp3) is 0.467. The number of nitrogens with two attached hydrogens (primary N) is 1. The first-order chi connectivity index (χ1) is 9.78. The molecule has 2 aliphatic rings. The van der Waals surface area contributed by atoms with Crippen molar-refractivity contribution < 1.29 is 9.26 Å². The van der Waals surface area contributed by atoms with Gasteiger partial charge in [0.2, 0.25) is 5.89 Å². The van der Waals surface area contributed by atoms with E-state index in [0.717, 1.165) is 29.9 Å². The Kier molecular flexibility index (Phi) is 2.73. The van der Waals surface area contributed by atoms with E-state index in [1.165, 1.54) is 6.42 Å². The fourth-order valence-electron chi connectivity index (χ4n) is 3.21. The van der Waals surface area contributed by atoms with Gasteiger partial charge in [-0.25, -0.2) is 0 Å². The summed E-state index contributed by atoms with van der Waals surface area (Å²) in [5.74, 6) is 1.79. The summed E-state index contributed by atoms with van der Waals surface area (Å²) < 4.78 is 11.2. The lowest BCUT2D eigenvalue weighted by Gasteiger charge is -2.13.